The number of carbonyl (C=O) groups is 1. The Bertz CT molecular complexity index is 1730. The van der Waals surface area contributed by atoms with Crippen LogP contribution in [0, 0.1) is 24.6 Å². The van der Waals surface area contributed by atoms with E-state index in [4.69, 9.17) is 36.8 Å². The van der Waals surface area contributed by atoms with Gasteiger partial charge in [0.25, 0.3) is 0 Å². The van der Waals surface area contributed by atoms with Crippen LogP contribution in [0.1, 0.15) is 55.5 Å². The SMILES string of the molecule is [2H]C([2H])([2H])C([2H])(C)CN(C[C@@H](OC)[C@@H](CC(=O)O[C@@]1([2H])C([2H])([2H])O[C@@]2([2H])OC([2H])([2H])C([2H])([2H])[C@]21[2H])Cc1ccccc1)S(=O)(=O)c1ccc(C)cc1. The Kier molecular flexibility index (Phi) is 5.77. The van der Waals surface area contributed by atoms with Crippen LogP contribution in [0.15, 0.2) is 59.5 Å². The summed E-state index contributed by atoms with van der Waals surface area (Å²) in [5.41, 5.74) is 1.34. The third kappa shape index (κ3) is 7.67. The molecular weight excluding hydrogens is 518 g/mol. The number of rotatable bonds is 13. The van der Waals surface area contributed by atoms with Gasteiger partial charge in [0.05, 0.1) is 44.7 Å². The Morgan fingerprint density at radius 3 is 2.64 bits per heavy atom. The van der Waals surface area contributed by atoms with Gasteiger partial charge in [-0.3, -0.25) is 4.79 Å². The van der Waals surface area contributed by atoms with Crippen LogP contribution in [0.25, 0.3) is 0 Å². The predicted molar refractivity (Wildman–Crippen MR) is 148 cm³/mol. The van der Waals surface area contributed by atoms with E-state index in [1.807, 2.05) is 0 Å². The van der Waals surface area contributed by atoms with Crippen LogP contribution >= 0.6 is 0 Å². The van der Waals surface area contributed by atoms with Crippen LogP contribution in [-0.2, 0) is 40.2 Å². The van der Waals surface area contributed by atoms with E-state index in [1.165, 1.54) is 31.4 Å². The highest BCUT2D eigenvalue weighted by atomic mass is 32.2. The number of benzene rings is 2. The van der Waals surface area contributed by atoms with Crippen molar-refractivity contribution in [3.05, 3.63) is 65.7 Å². The highest BCUT2D eigenvalue weighted by Crippen LogP contribution is 2.33. The van der Waals surface area contributed by atoms with E-state index in [-0.39, 0.29) is 11.3 Å². The summed E-state index contributed by atoms with van der Waals surface area (Å²) in [6.45, 7) is -8.60. The van der Waals surface area contributed by atoms with E-state index >= 15 is 0 Å². The van der Waals surface area contributed by atoms with Crippen molar-refractivity contribution in [1.29, 1.82) is 0 Å². The average Bonchev–Trinajstić information content (AvgIpc) is 3.19. The largest absolute Gasteiger partial charge is 0.459 e. The van der Waals surface area contributed by atoms with Gasteiger partial charge in [-0.1, -0.05) is 61.8 Å². The van der Waals surface area contributed by atoms with E-state index in [0.717, 1.165) is 16.8 Å². The molecule has 2 aliphatic rings. The summed E-state index contributed by atoms with van der Waals surface area (Å²) in [7, 11) is -3.31. The van der Waals surface area contributed by atoms with E-state index < -0.39 is 98.0 Å². The minimum Gasteiger partial charge on any atom is -0.459 e. The van der Waals surface area contributed by atoms with Crippen LogP contribution in [0.4, 0.5) is 0 Å². The van der Waals surface area contributed by atoms with Crippen molar-refractivity contribution in [3.8, 4) is 0 Å². The number of methoxy groups -OCH3 is 1. The quantitative estimate of drug-likeness (QED) is 0.332. The van der Waals surface area contributed by atoms with Crippen LogP contribution in [0.2, 0.25) is 0 Å². The molecule has 0 amide bonds. The van der Waals surface area contributed by atoms with E-state index in [1.54, 1.807) is 37.3 Å². The lowest BCUT2D eigenvalue weighted by molar-refractivity contribution is -0.153. The topological polar surface area (TPSA) is 91.4 Å². The summed E-state index contributed by atoms with van der Waals surface area (Å²) in [4.78, 5) is 13.6. The summed E-state index contributed by atoms with van der Waals surface area (Å²) in [5, 5.41) is 0. The first-order chi connectivity index (χ1) is 23.5. The standard InChI is InChI=1S/C30H41NO7S/c1-21(2)18-31(39(33,34)25-12-10-22(3)11-13-25)19-27(35-4)24(16-23-8-6-5-7-9-23)17-29(32)38-28-20-37-30-26(28)14-15-36-30/h5-13,21,24,26-28,30H,14-20H2,1-4H3/t24-,26+,27-,28+,30-/m1/s1/i1D3,14D2,15D2,20D2,21D,26D,28D,30D/t21?,24-,26+,27-,28+,30-. The molecule has 0 spiro atoms. The summed E-state index contributed by atoms with van der Waals surface area (Å²) < 4.78 is 157. The molecule has 0 N–H and O–H groups in total. The molecule has 9 heteroatoms. The van der Waals surface area contributed by atoms with E-state index in [0.29, 0.717) is 5.56 Å². The van der Waals surface area contributed by atoms with Crippen molar-refractivity contribution in [1.82, 2.24) is 4.31 Å². The maximum Gasteiger partial charge on any atom is 0.306 e. The maximum absolute atomic E-state index is 14.0. The fourth-order valence-corrected chi connectivity index (χ4v) is 5.76. The molecule has 0 aromatic heterocycles. The smallest absolute Gasteiger partial charge is 0.306 e. The van der Waals surface area contributed by atoms with Crippen LogP contribution in [0.5, 0.6) is 0 Å². The Morgan fingerprint density at radius 2 is 1.95 bits per heavy atom. The third-order valence-corrected chi connectivity index (χ3v) is 8.08. The number of fused-ring (bicyclic) bond motifs is 1. The fraction of sp³-hybridized carbons (Fsp3) is 0.567. The highest BCUT2D eigenvalue weighted by molar-refractivity contribution is 7.89. The average molecular weight is 573 g/mol. The van der Waals surface area contributed by atoms with Crippen LogP contribution in [-0.4, -0.2) is 70.5 Å². The zero-order valence-corrected chi connectivity index (χ0v) is 22.7. The van der Waals surface area contributed by atoms with Gasteiger partial charge in [0.2, 0.25) is 10.0 Å². The number of ether oxygens (including phenoxy) is 4. The van der Waals surface area contributed by atoms with Crippen molar-refractivity contribution < 1.29 is 50.0 Å². The van der Waals surface area contributed by atoms with Gasteiger partial charge in [-0.25, -0.2) is 8.42 Å². The molecule has 2 fully saturated rings. The molecule has 6 atom stereocenters. The molecule has 2 saturated heterocycles. The molecule has 39 heavy (non-hydrogen) atoms. The number of aryl methyl sites for hydroxylation is 1. The van der Waals surface area contributed by atoms with E-state index in [2.05, 4.69) is 0 Å². The van der Waals surface area contributed by atoms with Gasteiger partial charge in [0.1, 0.15) is 6.08 Å². The first-order valence-electron chi connectivity index (χ1n) is 18.8. The van der Waals surface area contributed by atoms with Crippen molar-refractivity contribution >= 4 is 16.0 Å². The van der Waals surface area contributed by atoms with Crippen molar-refractivity contribution in [3.63, 3.8) is 0 Å². The number of hydrogen-bond acceptors (Lipinski definition) is 7. The Hall–Kier alpha value is -2.30. The summed E-state index contributed by atoms with van der Waals surface area (Å²) in [6.07, 6.45) is -12.9. The van der Waals surface area contributed by atoms with Gasteiger partial charge in [0.15, 0.2) is 6.27 Å². The highest BCUT2D eigenvalue weighted by Gasteiger charge is 2.44. The molecule has 2 aromatic rings. The zero-order chi connectivity index (χ0) is 39.6. The fourth-order valence-electron chi connectivity index (χ4n) is 4.27. The molecule has 8 nitrogen and oxygen atoms in total. The Morgan fingerprint density at radius 1 is 1.21 bits per heavy atom. The van der Waals surface area contributed by atoms with Gasteiger partial charge in [-0.05, 0) is 43.3 Å². The first kappa shape index (κ1) is 16.8. The molecule has 2 heterocycles. The Labute approximate surface area is 250 Å². The molecular formula is C30H41NO7S. The predicted octanol–water partition coefficient (Wildman–Crippen LogP) is 4.21. The lowest BCUT2D eigenvalue weighted by Crippen LogP contribution is -2.44. The molecule has 1 unspecified atom stereocenters. The summed E-state index contributed by atoms with van der Waals surface area (Å²) >= 11 is 0. The van der Waals surface area contributed by atoms with Gasteiger partial charge in [0, 0.05) is 35.7 Å². The van der Waals surface area contributed by atoms with Crippen molar-refractivity contribution in [2.24, 2.45) is 17.7 Å². The number of hydrogen-bond donors (Lipinski definition) is 0. The second kappa shape index (κ2) is 13.4. The van der Waals surface area contributed by atoms with Crippen LogP contribution in [0.3, 0.4) is 0 Å². The third-order valence-electron chi connectivity index (χ3n) is 6.26. The second-order valence-electron chi connectivity index (χ2n) is 9.32. The minimum atomic E-state index is -4.51. The van der Waals surface area contributed by atoms with Gasteiger partial charge < -0.3 is 18.9 Å². The molecule has 0 aliphatic carbocycles. The molecule has 0 bridgehead atoms. The van der Waals surface area contributed by atoms with Gasteiger partial charge in [-0.15, -0.1) is 0 Å². The lowest BCUT2D eigenvalue weighted by Gasteiger charge is -2.32. The normalized spacial score (nSPS) is 38.9. The number of nitrogens with zero attached hydrogens (tertiary/aromatic N) is 1. The molecule has 214 valence electrons. The maximum atomic E-state index is 14.0. The lowest BCUT2D eigenvalue weighted by atomic mass is 9.90. The van der Waals surface area contributed by atoms with Crippen molar-refractivity contribution in [2.45, 2.75) is 63.3 Å². The number of esters is 1. The first-order valence-corrected chi connectivity index (χ1v) is 13.7. The van der Waals surface area contributed by atoms with E-state index in [9.17, 15) is 13.2 Å². The number of carbonyl (C=O) groups excluding carboxylic acids is 1. The molecule has 0 saturated carbocycles. The minimum absolute atomic E-state index is 0.0421. The number of sulfonamides is 1. The summed E-state index contributed by atoms with van der Waals surface area (Å²) in [5.74, 6) is -8.49. The second-order valence-corrected chi connectivity index (χ2v) is 11.3. The van der Waals surface area contributed by atoms with Gasteiger partial charge in [-0.2, -0.15) is 4.31 Å². The van der Waals surface area contributed by atoms with Crippen molar-refractivity contribution in [2.75, 3.05) is 33.3 Å². The molecule has 2 aliphatic heterocycles. The molecule has 0 radical (unpaired) electrons. The monoisotopic (exact) mass is 572 g/mol. The molecule has 4 rings (SSSR count). The van der Waals surface area contributed by atoms with Crippen LogP contribution < -0.4 is 0 Å². The molecule has 2 aromatic carbocycles. The zero-order valence-electron chi connectivity index (χ0n) is 34.9. The summed E-state index contributed by atoms with van der Waals surface area (Å²) in [6, 6.07) is 14.1. The van der Waals surface area contributed by atoms with Gasteiger partial charge >= 0.3 is 5.97 Å². The Balaban J connectivity index is 1.75.